The van der Waals surface area contributed by atoms with Crippen LogP contribution in [0.25, 0.3) is 0 Å². The highest BCUT2D eigenvalue weighted by molar-refractivity contribution is 9.10. The fourth-order valence-corrected chi connectivity index (χ4v) is 2.54. The maximum Gasteiger partial charge on any atom is 0.255 e. The van der Waals surface area contributed by atoms with Gasteiger partial charge in [0.2, 0.25) is 0 Å². The summed E-state index contributed by atoms with van der Waals surface area (Å²) in [4.78, 5) is 12.1. The van der Waals surface area contributed by atoms with Gasteiger partial charge in [0.25, 0.3) is 5.91 Å². The van der Waals surface area contributed by atoms with Crippen LogP contribution in [0.3, 0.4) is 0 Å². The predicted molar refractivity (Wildman–Crippen MR) is 84.4 cm³/mol. The molecule has 104 valence electrons. The SMILES string of the molecule is Cc1cc(Br)cc(N)c1NC(=O)c1ccc(O)c(Cl)c1. The number of anilines is 2. The monoisotopic (exact) mass is 354 g/mol. The smallest absolute Gasteiger partial charge is 0.255 e. The first-order valence-electron chi connectivity index (χ1n) is 5.74. The Kier molecular flexibility index (Phi) is 4.20. The fraction of sp³-hybridized carbons (Fsp3) is 0.0714. The summed E-state index contributed by atoms with van der Waals surface area (Å²) in [7, 11) is 0. The highest BCUT2D eigenvalue weighted by Crippen LogP contribution is 2.29. The molecular formula is C14H12BrClN2O2. The van der Waals surface area contributed by atoms with Crippen molar-refractivity contribution in [1.82, 2.24) is 0 Å². The van der Waals surface area contributed by atoms with Crippen molar-refractivity contribution < 1.29 is 9.90 Å². The van der Waals surface area contributed by atoms with E-state index in [4.69, 9.17) is 17.3 Å². The number of benzene rings is 2. The van der Waals surface area contributed by atoms with E-state index in [0.29, 0.717) is 16.9 Å². The summed E-state index contributed by atoms with van der Waals surface area (Å²) < 4.78 is 0.846. The Morgan fingerprint density at radius 1 is 1.35 bits per heavy atom. The molecule has 4 nitrogen and oxygen atoms in total. The van der Waals surface area contributed by atoms with E-state index in [9.17, 15) is 9.90 Å². The van der Waals surface area contributed by atoms with Gasteiger partial charge in [-0.05, 0) is 42.8 Å². The van der Waals surface area contributed by atoms with E-state index in [1.165, 1.54) is 18.2 Å². The third-order valence-electron chi connectivity index (χ3n) is 2.78. The number of aromatic hydroxyl groups is 1. The van der Waals surface area contributed by atoms with E-state index < -0.39 is 0 Å². The molecular weight excluding hydrogens is 344 g/mol. The molecule has 0 heterocycles. The van der Waals surface area contributed by atoms with Crippen LogP contribution in [0, 0.1) is 6.92 Å². The van der Waals surface area contributed by atoms with Gasteiger partial charge in [0, 0.05) is 10.0 Å². The maximum atomic E-state index is 12.1. The highest BCUT2D eigenvalue weighted by Gasteiger charge is 2.12. The lowest BCUT2D eigenvalue weighted by atomic mass is 10.1. The lowest BCUT2D eigenvalue weighted by molar-refractivity contribution is 0.102. The molecule has 1 amide bonds. The number of rotatable bonds is 2. The first-order chi connectivity index (χ1) is 9.38. The molecule has 2 aromatic rings. The predicted octanol–water partition coefficient (Wildman–Crippen LogP) is 3.95. The first-order valence-corrected chi connectivity index (χ1v) is 6.91. The Morgan fingerprint density at radius 2 is 2.05 bits per heavy atom. The molecule has 0 fully saturated rings. The maximum absolute atomic E-state index is 12.1. The number of phenols is 1. The van der Waals surface area contributed by atoms with Crippen LogP contribution in [0.4, 0.5) is 11.4 Å². The molecule has 0 atom stereocenters. The quantitative estimate of drug-likeness (QED) is 0.714. The van der Waals surface area contributed by atoms with Crippen LogP contribution in [-0.4, -0.2) is 11.0 Å². The van der Waals surface area contributed by atoms with Gasteiger partial charge in [0.15, 0.2) is 0 Å². The van der Waals surface area contributed by atoms with E-state index >= 15 is 0 Å². The van der Waals surface area contributed by atoms with Gasteiger partial charge in [-0.25, -0.2) is 0 Å². The van der Waals surface area contributed by atoms with E-state index in [0.717, 1.165) is 10.0 Å². The van der Waals surface area contributed by atoms with Crippen molar-refractivity contribution in [2.24, 2.45) is 0 Å². The molecule has 0 aromatic heterocycles. The summed E-state index contributed by atoms with van der Waals surface area (Å²) in [6, 6.07) is 7.83. The summed E-state index contributed by atoms with van der Waals surface area (Å²) in [6.45, 7) is 1.85. The minimum absolute atomic E-state index is 0.0671. The van der Waals surface area contributed by atoms with Crippen LogP contribution < -0.4 is 11.1 Å². The number of hydrogen-bond acceptors (Lipinski definition) is 3. The lowest BCUT2D eigenvalue weighted by Crippen LogP contribution is -2.14. The highest BCUT2D eigenvalue weighted by atomic mass is 79.9. The molecule has 2 aromatic carbocycles. The summed E-state index contributed by atoms with van der Waals surface area (Å²) >= 11 is 9.12. The number of carbonyl (C=O) groups excluding carboxylic acids is 1. The minimum Gasteiger partial charge on any atom is -0.506 e. The zero-order valence-corrected chi connectivity index (χ0v) is 12.9. The molecule has 0 aliphatic heterocycles. The third kappa shape index (κ3) is 3.05. The van der Waals surface area contributed by atoms with Gasteiger partial charge in [-0.15, -0.1) is 0 Å². The van der Waals surface area contributed by atoms with E-state index in [1.54, 1.807) is 6.07 Å². The second kappa shape index (κ2) is 5.73. The molecule has 6 heteroatoms. The average molecular weight is 356 g/mol. The fourth-order valence-electron chi connectivity index (χ4n) is 1.77. The molecule has 0 spiro atoms. The molecule has 0 unspecified atom stereocenters. The Bertz CT molecular complexity index is 666. The summed E-state index contributed by atoms with van der Waals surface area (Å²) in [5, 5.41) is 12.2. The van der Waals surface area contributed by atoms with Gasteiger partial charge < -0.3 is 16.2 Å². The van der Waals surface area contributed by atoms with Crippen molar-refractivity contribution in [2.75, 3.05) is 11.1 Å². The van der Waals surface area contributed by atoms with Crippen LogP contribution in [0.5, 0.6) is 5.75 Å². The summed E-state index contributed by atoms with van der Waals surface area (Å²) in [5.74, 6) is -0.411. The van der Waals surface area contributed by atoms with Gasteiger partial charge in [0.05, 0.1) is 16.4 Å². The van der Waals surface area contributed by atoms with Crippen LogP contribution in [0.2, 0.25) is 5.02 Å². The van der Waals surface area contributed by atoms with Crippen molar-refractivity contribution in [3.8, 4) is 5.75 Å². The molecule has 0 radical (unpaired) electrons. The van der Waals surface area contributed by atoms with Crippen LogP contribution in [-0.2, 0) is 0 Å². The Hall–Kier alpha value is -1.72. The number of nitrogens with two attached hydrogens (primary N) is 1. The normalized spacial score (nSPS) is 10.3. The van der Waals surface area contributed by atoms with Crippen LogP contribution >= 0.6 is 27.5 Å². The molecule has 0 aliphatic rings. The molecule has 0 aliphatic carbocycles. The number of nitrogen functional groups attached to an aromatic ring is 1. The number of aryl methyl sites for hydroxylation is 1. The Morgan fingerprint density at radius 3 is 2.65 bits per heavy atom. The largest absolute Gasteiger partial charge is 0.506 e. The Labute approximate surface area is 129 Å². The van der Waals surface area contributed by atoms with Crippen molar-refractivity contribution in [1.29, 1.82) is 0 Å². The average Bonchev–Trinajstić information content (AvgIpc) is 2.36. The van der Waals surface area contributed by atoms with Gasteiger partial charge in [-0.3, -0.25) is 4.79 Å². The van der Waals surface area contributed by atoms with Crippen molar-refractivity contribution in [2.45, 2.75) is 6.92 Å². The Balaban J connectivity index is 2.30. The summed E-state index contributed by atoms with van der Waals surface area (Å²) in [5.41, 5.74) is 8.10. The molecule has 0 saturated heterocycles. The number of nitrogens with one attached hydrogen (secondary N) is 1. The second-order valence-corrected chi connectivity index (χ2v) is 5.63. The van der Waals surface area contributed by atoms with E-state index in [-0.39, 0.29) is 16.7 Å². The minimum atomic E-state index is -0.343. The number of amides is 1. The van der Waals surface area contributed by atoms with Gasteiger partial charge in [-0.1, -0.05) is 27.5 Å². The second-order valence-electron chi connectivity index (χ2n) is 4.31. The topological polar surface area (TPSA) is 75.3 Å². The van der Waals surface area contributed by atoms with Crippen molar-refractivity contribution in [3.05, 3.63) is 51.0 Å². The lowest BCUT2D eigenvalue weighted by Gasteiger charge is -2.12. The zero-order valence-electron chi connectivity index (χ0n) is 10.6. The van der Waals surface area contributed by atoms with Crippen LogP contribution in [0.15, 0.2) is 34.8 Å². The van der Waals surface area contributed by atoms with E-state index in [2.05, 4.69) is 21.2 Å². The third-order valence-corrected chi connectivity index (χ3v) is 3.54. The van der Waals surface area contributed by atoms with Crippen LogP contribution in [0.1, 0.15) is 15.9 Å². The molecule has 0 bridgehead atoms. The van der Waals surface area contributed by atoms with Gasteiger partial charge >= 0.3 is 0 Å². The first kappa shape index (κ1) is 14.7. The number of halogens is 2. The standard InChI is InChI=1S/C14H12BrClN2O2/c1-7-4-9(15)6-11(17)13(7)18-14(20)8-2-3-12(19)10(16)5-8/h2-6,19H,17H2,1H3,(H,18,20). The molecule has 0 saturated carbocycles. The molecule has 20 heavy (non-hydrogen) atoms. The number of carbonyl (C=O) groups is 1. The van der Waals surface area contributed by atoms with Gasteiger partial charge in [-0.2, -0.15) is 0 Å². The van der Waals surface area contributed by atoms with Crippen molar-refractivity contribution >= 4 is 44.8 Å². The van der Waals surface area contributed by atoms with Crippen molar-refractivity contribution in [3.63, 3.8) is 0 Å². The molecule has 2 rings (SSSR count). The van der Waals surface area contributed by atoms with E-state index in [1.807, 2.05) is 13.0 Å². The summed E-state index contributed by atoms with van der Waals surface area (Å²) in [6.07, 6.45) is 0. The van der Waals surface area contributed by atoms with Gasteiger partial charge in [0.1, 0.15) is 5.75 Å². The number of phenolic OH excluding ortho intramolecular Hbond substituents is 1. The zero-order chi connectivity index (χ0) is 14.9. The number of hydrogen-bond donors (Lipinski definition) is 3. The molecule has 4 N–H and O–H groups in total.